The predicted octanol–water partition coefficient (Wildman–Crippen LogP) is 4.55. The van der Waals surface area contributed by atoms with Crippen LogP contribution in [-0.2, 0) is 4.79 Å². The zero-order chi connectivity index (χ0) is 23.5. The second kappa shape index (κ2) is 13.6. The molecule has 1 heterocycles. The second-order valence-electron chi connectivity index (χ2n) is 7.55. The second-order valence-corrected chi connectivity index (χ2v) is 9.54. The Hall–Kier alpha value is -1.92. The maximum atomic E-state index is 13.3. The van der Waals surface area contributed by atoms with Gasteiger partial charge in [0.1, 0.15) is 10.5 Å². The molecule has 0 saturated heterocycles. The molecular formula is C24H30BrN3O3S. The number of thioether (sulfide) groups is 1. The highest BCUT2D eigenvalue weighted by Gasteiger charge is 2.33. The molecule has 0 bridgehead atoms. The first kappa shape index (κ1) is 26.3. The molecule has 0 aliphatic carbocycles. The van der Waals surface area contributed by atoms with Gasteiger partial charge in [0.15, 0.2) is 0 Å². The van der Waals surface area contributed by atoms with E-state index in [0.717, 1.165) is 18.4 Å². The number of rotatable bonds is 12. The molecule has 6 nitrogen and oxygen atoms in total. The zero-order valence-corrected chi connectivity index (χ0v) is 20.7. The fraction of sp³-hybridized carbons (Fsp3) is 0.458. The van der Waals surface area contributed by atoms with E-state index in [1.54, 1.807) is 25.1 Å². The molecule has 32 heavy (non-hydrogen) atoms. The van der Waals surface area contributed by atoms with Crippen molar-refractivity contribution >= 4 is 33.6 Å². The predicted molar refractivity (Wildman–Crippen MR) is 131 cm³/mol. The molecule has 8 heteroatoms. The van der Waals surface area contributed by atoms with Crippen molar-refractivity contribution in [3.05, 3.63) is 64.4 Å². The first-order valence-electron chi connectivity index (χ1n) is 10.8. The van der Waals surface area contributed by atoms with Gasteiger partial charge in [0, 0.05) is 5.75 Å². The van der Waals surface area contributed by atoms with E-state index in [1.165, 1.54) is 11.8 Å². The van der Waals surface area contributed by atoms with Gasteiger partial charge >= 0.3 is 0 Å². The van der Waals surface area contributed by atoms with Crippen molar-refractivity contribution in [2.24, 2.45) is 5.92 Å². The average molecular weight is 520 g/mol. The molecule has 2 aromatic rings. The lowest BCUT2D eigenvalue weighted by Crippen LogP contribution is -2.36. The van der Waals surface area contributed by atoms with Crippen LogP contribution in [0.5, 0.6) is 0 Å². The van der Waals surface area contributed by atoms with Crippen molar-refractivity contribution in [2.45, 2.75) is 56.6 Å². The molecule has 5 unspecified atom stereocenters. The van der Waals surface area contributed by atoms with Crippen LogP contribution in [0.2, 0.25) is 0 Å². The van der Waals surface area contributed by atoms with Gasteiger partial charge in [-0.05, 0) is 46.5 Å². The highest BCUT2D eigenvalue weighted by Crippen LogP contribution is 2.37. The lowest BCUT2D eigenvalue weighted by Gasteiger charge is -2.26. The molecule has 2 rings (SSSR count). The monoisotopic (exact) mass is 519 g/mol. The molecule has 0 spiro atoms. The van der Waals surface area contributed by atoms with E-state index in [4.69, 9.17) is 0 Å². The minimum absolute atomic E-state index is 0.177. The molecule has 5 atom stereocenters. The van der Waals surface area contributed by atoms with Crippen LogP contribution in [0.4, 0.5) is 0 Å². The molecule has 172 valence electrons. The van der Waals surface area contributed by atoms with E-state index in [2.05, 4.69) is 32.3 Å². The van der Waals surface area contributed by atoms with Crippen molar-refractivity contribution in [3.63, 3.8) is 0 Å². The summed E-state index contributed by atoms with van der Waals surface area (Å²) in [5, 5.41) is 32.6. The summed E-state index contributed by atoms with van der Waals surface area (Å²) < 4.78 is 0.597. The maximum absolute atomic E-state index is 13.3. The Morgan fingerprint density at radius 2 is 1.88 bits per heavy atom. The van der Waals surface area contributed by atoms with Crippen molar-refractivity contribution in [1.82, 2.24) is 10.3 Å². The van der Waals surface area contributed by atoms with E-state index >= 15 is 0 Å². The highest BCUT2D eigenvalue weighted by atomic mass is 79.9. The molecule has 0 fully saturated rings. The van der Waals surface area contributed by atoms with E-state index in [1.807, 2.05) is 37.3 Å². The fourth-order valence-electron chi connectivity index (χ4n) is 3.34. The third kappa shape index (κ3) is 7.59. The van der Waals surface area contributed by atoms with Gasteiger partial charge in [0.2, 0.25) is 5.91 Å². The fourth-order valence-corrected chi connectivity index (χ4v) is 5.00. The van der Waals surface area contributed by atoms with E-state index in [9.17, 15) is 20.3 Å². The summed E-state index contributed by atoms with van der Waals surface area (Å²) >= 11 is 4.61. The van der Waals surface area contributed by atoms with Gasteiger partial charge in [0.05, 0.1) is 35.3 Å². The number of aromatic nitrogens is 1. The Bertz CT molecular complexity index is 894. The Labute approximate surface area is 202 Å². The van der Waals surface area contributed by atoms with E-state index in [-0.39, 0.29) is 17.7 Å². The summed E-state index contributed by atoms with van der Waals surface area (Å²) in [4.78, 5) is 17.7. The SMILES string of the molecule is CCCC(NC(=O)C(C#N)C(SCC(O)C(O)CC)c1cccc(Br)n1)c1ccccc1. The first-order chi connectivity index (χ1) is 15.4. The number of nitrogens with zero attached hydrogens (tertiary/aromatic N) is 2. The van der Waals surface area contributed by atoms with Crippen LogP contribution < -0.4 is 5.32 Å². The summed E-state index contributed by atoms with van der Waals surface area (Å²) in [5.41, 5.74) is 1.56. The first-order valence-corrected chi connectivity index (χ1v) is 12.6. The number of halogens is 1. The Morgan fingerprint density at radius 1 is 1.16 bits per heavy atom. The molecule has 1 aromatic carbocycles. The Balaban J connectivity index is 2.28. The summed E-state index contributed by atoms with van der Waals surface area (Å²) in [6, 6.07) is 17.0. The van der Waals surface area contributed by atoms with Crippen LogP contribution in [0.15, 0.2) is 53.1 Å². The molecule has 1 aromatic heterocycles. The number of pyridine rings is 1. The van der Waals surface area contributed by atoms with Crippen molar-refractivity contribution in [2.75, 3.05) is 5.75 Å². The van der Waals surface area contributed by atoms with Crippen LogP contribution in [0.25, 0.3) is 0 Å². The van der Waals surface area contributed by atoms with Gasteiger partial charge in [-0.1, -0.05) is 56.7 Å². The summed E-state index contributed by atoms with van der Waals surface area (Å²) in [5.74, 6) is -1.22. The van der Waals surface area contributed by atoms with Gasteiger partial charge < -0.3 is 15.5 Å². The molecule has 0 aliphatic rings. The number of hydrogen-bond acceptors (Lipinski definition) is 6. The van der Waals surface area contributed by atoms with E-state index in [0.29, 0.717) is 16.7 Å². The third-order valence-electron chi connectivity index (χ3n) is 5.16. The Kier molecular flexibility index (Phi) is 11.2. The van der Waals surface area contributed by atoms with Gasteiger partial charge in [-0.25, -0.2) is 4.98 Å². The molecule has 0 saturated carbocycles. The number of carbonyl (C=O) groups is 1. The number of aliphatic hydroxyl groups is 2. The van der Waals surface area contributed by atoms with Crippen molar-refractivity contribution < 1.29 is 15.0 Å². The lowest BCUT2D eigenvalue weighted by molar-refractivity contribution is -0.124. The van der Waals surface area contributed by atoms with Crippen molar-refractivity contribution in [3.8, 4) is 6.07 Å². The van der Waals surface area contributed by atoms with Gasteiger partial charge in [-0.2, -0.15) is 5.26 Å². The summed E-state index contributed by atoms with van der Waals surface area (Å²) in [7, 11) is 0. The number of carbonyl (C=O) groups excluding carboxylic acids is 1. The number of hydrogen-bond donors (Lipinski definition) is 3. The standard InChI is InChI=1S/C24H30BrN3O3S/c1-3-9-18(16-10-6-5-7-11-16)28-24(31)17(14-26)23(19-12-8-13-22(25)27-19)32-15-21(30)20(29)4-2/h5-8,10-13,17-18,20-21,23,29-30H,3-4,9,15H2,1-2H3,(H,28,31). The molecule has 1 amide bonds. The summed E-state index contributed by atoms with van der Waals surface area (Å²) in [6.07, 6.45) is 0.227. The number of nitrogens with one attached hydrogen (secondary N) is 1. The van der Waals surface area contributed by atoms with Crippen LogP contribution >= 0.6 is 27.7 Å². The van der Waals surface area contributed by atoms with Crippen LogP contribution in [-0.4, -0.2) is 39.1 Å². The topological polar surface area (TPSA) is 106 Å². The highest BCUT2D eigenvalue weighted by molar-refractivity contribution is 9.10. The van der Waals surface area contributed by atoms with Gasteiger partial charge in [0.25, 0.3) is 0 Å². The summed E-state index contributed by atoms with van der Waals surface area (Å²) in [6.45, 7) is 3.84. The minimum Gasteiger partial charge on any atom is -0.390 e. The Morgan fingerprint density at radius 3 is 2.47 bits per heavy atom. The minimum atomic E-state index is -1.02. The number of nitriles is 1. The molecule has 3 N–H and O–H groups in total. The lowest BCUT2D eigenvalue weighted by atomic mass is 9.98. The smallest absolute Gasteiger partial charge is 0.239 e. The van der Waals surface area contributed by atoms with Crippen LogP contribution in [0.3, 0.4) is 0 Å². The van der Waals surface area contributed by atoms with Gasteiger partial charge in [-0.3, -0.25) is 4.79 Å². The number of amides is 1. The maximum Gasteiger partial charge on any atom is 0.239 e. The average Bonchev–Trinajstić information content (AvgIpc) is 2.81. The molecular weight excluding hydrogens is 490 g/mol. The molecule has 0 radical (unpaired) electrons. The largest absolute Gasteiger partial charge is 0.390 e. The van der Waals surface area contributed by atoms with Crippen molar-refractivity contribution in [1.29, 1.82) is 5.26 Å². The quantitative estimate of drug-likeness (QED) is 0.355. The van der Waals surface area contributed by atoms with Crippen LogP contribution in [0, 0.1) is 17.2 Å². The number of aliphatic hydroxyl groups excluding tert-OH is 2. The van der Waals surface area contributed by atoms with Crippen LogP contribution in [0.1, 0.15) is 55.7 Å². The number of benzene rings is 1. The third-order valence-corrected chi connectivity index (χ3v) is 7.01. The molecule has 0 aliphatic heterocycles. The van der Waals surface area contributed by atoms with E-state index < -0.39 is 23.4 Å². The zero-order valence-electron chi connectivity index (χ0n) is 18.3. The normalized spacial score (nSPS) is 15.8. The van der Waals surface area contributed by atoms with Gasteiger partial charge in [-0.15, -0.1) is 11.8 Å².